The molecule has 0 saturated heterocycles. The molecule has 2 N–H and O–H groups in total. The topological polar surface area (TPSA) is 102 Å². The van der Waals surface area contributed by atoms with Gasteiger partial charge in [0.05, 0.1) is 28.8 Å². The van der Waals surface area contributed by atoms with Crippen LogP contribution in [0.4, 0.5) is 0 Å². The number of aromatic nitrogens is 1. The molecule has 3 aromatic carbocycles. The number of nitriles is 2. The molecule has 0 atom stereocenters. The highest BCUT2D eigenvalue weighted by Crippen LogP contribution is 2.29. The molecule has 1 aromatic heterocycles. The third-order valence-electron chi connectivity index (χ3n) is 5.06. The first-order chi connectivity index (χ1) is 15.1. The Labute approximate surface area is 179 Å². The number of nitrogens with one attached hydrogen (secondary N) is 1. The van der Waals surface area contributed by atoms with Crippen LogP contribution >= 0.6 is 0 Å². The number of fused-ring (bicyclic) bond motifs is 1. The van der Waals surface area contributed by atoms with E-state index in [-0.39, 0.29) is 18.2 Å². The molecule has 6 heteroatoms. The van der Waals surface area contributed by atoms with Crippen LogP contribution in [0, 0.1) is 22.7 Å². The van der Waals surface area contributed by atoms with Crippen LogP contribution in [0.3, 0.4) is 0 Å². The van der Waals surface area contributed by atoms with Crippen LogP contribution in [-0.4, -0.2) is 15.6 Å². The lowest BCUT2D eigenvalue weighted by Crippen LogP contribution is -2.25. The number of hydrogen-bond acceptors (Lipinski definition) is 4. The Kier molecular flexibility index (Phi) is 5.38. The predicted octanol–water partition coefficient (Wildman–Crippen LogP) is 4.07. The van der Waals surface area contributed by atoms with Crippen LogP contribution in [0.1, 0.15) is 32.7 Å². The maximum Gasteiger partial charge on any atom is 0.268 e. The second-order valence-electron chi connectivity index (χ2n) is 7.13. The van der Waals surface area contributed by atoms with Crippen molar-refractivity contribution in [3.8, 4) is 17.9 Å². The van der Waals surface area contributed by atoms with E-state index in [2.05, 4.69) is 17.5 Å². The molecule has 4 aromatic rings. The first kappa shape index (κ1) is 19.8. The van der Waals surface area contributed by atoms with Crippen LogP contribution in [-0.2, 0) is 13.1 Å². The van der Waals surface area contributed by atoms with E-state index < -0.39 is 0 Å². The summed E-state index contributed by atoms with van der Waals surface area (Å²) in [7, 11) is 0. The van der Waals surface area contributed by atoms with Crippen molar-refractivity contribution < 1.29 is 9.90 Å². The van der Waals surface area contributed by atoms with Crippen molar-refractivity contribution in [3.63, 3.8) is 0 Å². The van der Waals surface area contributed by atoms with Crippen molar-refractivity contribution in [2.24, 2.45) is 0 Å². The van der Waals surface area contributed by atoms with Crippen molar-refractivity contribution in [1.29, 1.82) is 10.5 Å². The van der Waals surface area contributed by atoms with Crippen LogP contribution in [0.2, 0.25) is 0 Å². The van der Waals surface area contributed by atoms with Crippen LogP contribution in [0.15, 0.2) is 72.8 Å². The number of hydrogen-bond donors (Lipinski definition) is 2. The maximum atomic E-state index is 13.1. The third kappa shape index (κ3) is 4.10. The zero-order chi connectivity index (χ0) is 21.8. The van der Waals surface area contributed by atoms with E-state index in [4.69, 9.17) is 5.26 Å². The minimum Gasteiger partial charge on any atom is -0.507 e. The van der Waals surface area contributed by atoms with Gasteiger partial charge in [0.2, 0.25) is 0 Å². The van der Waals surface area contributed by atoms with Crippen molar-refractivity contribution in [1.82, 2.24) is 9.88 Å². The number of benzene rings is 3. The summed E-state index contributed by atoms with van der Waals surface area (Å²) in [4.78, 5) is 13.1. The zero-order valence-electron chi connectivity index (χ0n) is 16.5. The first-order valence-electron chi connectivity index (χ1n) is 9.66. The third-order valence-corrected chi connectivity index (χ3v) is 5.06. The van der Waals surface area contributed by atoms with Crippen molar-refractivity contribution >= 4 is 16.8 Å². The summed E-state index contributed by atoms with van der Waals surface area (Å²) in [6.45, 7) is 0.640. The second-order valence-corrected chi connectivity index (χ2v) is 7.13. The Hall–Kier alpha value is -4.55. The Morgan fingerprint density at radius 3 is 2.26 bits per heavy atom. The number of carbonyl (C=O) groups is 1. The molecule has 4 rings (SSSR count). The van der Waals surface area contributed by atoms with Crippen molar-refractivity contribution in [2.45, 2.75) is 13.1 Å². The number of carbonyl (C=O) groups excluding carboxylic acids is 1. The molecule has 0 spiro atoms. The molecule has 0 saturated carbocycles. The zero-order valence-corrected chi connectivity index (χ0v) is 16.5. The molecule has 31 heavy (non-hydrogen) atoms. The Morgan fingerprint density at radius 1 is 0.903 bits per heavy atom. The molecule has 150 valence electrons. The lowest BCUT2D eigenvalue weighted by Gasteiger charge is -2.12. The predicted molar refractivity (Wildman–Crippen MR) is 116 cm³/mol. The minimum absolute atomic E-state index is 0.0952. The molecule has 0 radical (unpaired) electrons. The van der Waals surface area contributed by atoms with Gasteiger partial charge in [-0.15, -0.1) is 0 Å². The fourth-order valence-electron chi connectivity index (χ4n) is 3.57. The lowest BCUT2D eigenvalue weighted by molar-refractivity contribution is 0.0942. The Balaban J connectivity index is 1.68. The number of aromatic hydroxyl groups is 1. The summed E-state index contributed by atoms with van der Waals surface area (Å²) >= 11 is 0. The normalized spacial score (nSPS) is 10.4. The molecule has 1 amide bonds. The quantitative estimate of drug-likeness (QED) is 0.522. The highest BCUT2D eigenvalue weighted by atomic mass is 16.3. The van der Waals surface area contributed by atoms with E-state index in [0.29, 0.717) is 28.8 Å². The summed E-state index contributed by atoms with van der Waals surface area (Å²) in [6.07, 6.45) is 0. The summed E-state index contributed by atoms with van der Waals surface area (Å²) < 4.78 is 1.83. The van der Waals surface area contributed by atoms with Gasteiger partial charge in [-0.1, -0.05) is 30.3 Å². The van der Waals surface area contributed by atoms with Gasteiger partial charge in [0.15, 0.2) is 0 Å². The van der Waals surface area contributed by atoms with Gasteiger partial charge in [0.25, 0.3) is 5.91 Å². The van der Waals surface area contributed by atoms with Gasteiger partial charge < -0.3 is 15.0 Å². The smallest absolute Gasteiger partial charge is 0.268 e. The van der Waals surface area contributed by atoms with Gasteiger partial charge in [-0.05, 0) is 53.6 Å². The van der Waals surface area contributed by atoms with Gasteiger partial charge in [-0.2, -0.15) is 10.5 Å². The fourth-order valence-corrected chi connectivity index (χ4v) is 3.57. The van der Waals surface area contributed by atoms with Gasteiger partial charge in [-0.25, -0.2) is 0 Å². The molecular formula is C25H18N4O2. The number of phenolic OH excluding ortho intramolecular Hbond substituents is 1. The summed E-state index contributed by atoms with van der Waals surface area (Å²) in [5, 5.41) is 32.0. The first-order valence-corrected chi connectivity index (χ1v) is 9.66. The molecule has 0 unspecified atom stereocenters. The SMILES string of the molecule is N#Cc1cccc(CNC(=O)c2cc3c(O)cccc3n2Cc2cccc(C#N)c2)c1. The van der Waals surface area contributed by atoms with E-state index in [0.717, 1.165) is 16.6 Å². The number of rotatable bonds is 5. The molecule has 6 nitrogen and oxygen atoms in total. The maximum absolute atomic E-state index is 13.1. The second kappa shape index (κ2) is 8.44. The highest BCUT2D eigenvalue weighted by Gasteiger charge is 2.18. The number of nitrogens with zero attached hydrogens (tertiary/aromatic N) is 3. The van der Waals surface area contributed by atoms with Crippen LogP contribution < -0.4 is 5.32 Å². The molecule has 0 bridgehead atoms. The molecule has 0 fully saturated rings. The Bertz CT molecular complexity index is 1370. The molecule has 1 heterocycles. The number of amides is 1. The van der Waals surface area contributed by atoms with E-state index >= 15 is 0 Å². The molecule has 0 aliphatic rings. The lowest BCUT2D eigenvalue weighted by atomic mass is 10.1. The standard InChI is InChI=1S/C25H18N4O2/c26-13-17-4-1-6-19(10-17)15-28-25(31)23-12-21-22(8-3-9-24(21)30)29(23)16-20-7-2-5-18(11-20)14-27/h1-12,30H,15-16H2,(H,28,31). The van der Waals surface area contributed by atoms with Crippen LogP contribution in [0.5, 0.6) is 5.75 Å². The van der Waals surface area contributed by atoms with E-state index in [1.54, 1.807) is 54.6 Å². The van der Waals surface area contributed by atoms with Crippen molar-refractivity contribution in [2.75, 3.05) is 0 Å². The minimum atomic E-state index is -0.297. The number of phenols is 1. The van der Waals surface area contributed by atoms with Gasteiger partial charge in [-0.3, -0.25) is 4.79 Å². The average Bonchev–Trinajstić information content (AvgIpc) is 3.17. The summed E-state index contributed by atoms with van der Waals surface area (Å²) in [5.74, 6) is -0.202. The molecule has 0 aliphatic carbocycles. The Morgan fingerprint density at radius 2 is 1.55 bits per heavy atom. The van der Waals surface area contributed by atoms with Gasteiger partial charge in [0.1, 0.15) is 11.4 Å². The largest absolute Gasteiger partial charge is 0.507 e. The van der Waals surface area contributed by atoms with Crippen LogP contribution in [0.25, 0.3) is 10.9 Å². The molecule has 0 aliphatic heterocycles. The highest BCUT2D eigenvalue weighted by molar-refractivity contribution is 6.00. The van der Waals surface area contributed by atoms with E-state index in [1.165, 1.54) is 0 Å². The van der Waals surface area contributed by atoms with Gasteiger partial charge in [0, 0.05) is 18.5 Å². The fraction of sp³-hybridized carbons (Fsp3) is 0.0800. The monoisotopic (exact) mass is 406 g/mol. The van der Waals surface area contributed by atoms with Gasteiger partial charge >= 0.3 is 0 Å². The average molecular weight is 406 g/mol. The summed E-state index contributed by atoms with van der Waals surface area (Å²) in [5.41, 5.74) is 3.88. The van der Waals surface area contributed by atoms with E-state index in [9.17, 15) is 15.2 Å². The summed E-state index contributed by atoms with van der Waals surface area (Å²) in [6, 6.07) is 25.3. The van der Waals surface area contributed by atoms with E-state index in [1.807, 2.05) is 22.8 Å². The molecular weight excluding hydrogens is 388 g/mol. The van der Waals surface area contributed by atoms with Crippen molar-refractivity contribution in [3.05, 3.63) is 101 Å².